The third kappa shape index (κ3) is 175. The number of rotatable bonds is 4. The van der Waals surface area contributed by atoms with Gasteiger partial charge in [0.25, 0.3) is 0 Å². The second kappa shape index (κ2) is 118. The van der Waals surface area contributed by atoms with Crippen LogP contribution in [-0.2, 0) is 4.74 Å². The summed E-state index contributed by atoms with van der Waals surface area (Å²) in [4.78, 5) is 0. The van der Waals surface area contributed by atoms with Gasteiger partial charge in [0, 0.05) is 12.7 Å². The van der Waals surface area contributed by atoms with E-state index in [0.29, 0.717) is 0 Å². The minimum absolute atomic E-state index is 0. The lowest BCUT2D eigenvalue weighted by atomic mass is 10.3. The molecule has 0 bridgehead atoms. The second-order valence-electron chi connectivity index (χ2n) is 3.12. The van der Waals surface area contributed by atoms with Gasteiger partial charge in [-0.1, -0.05) is 144 Å². The minimum Gasteiger partial charge on any atom is -0.320 e. The molecular weight excluding hydrogens is 385 g/mol. The molecule has 0 radical (unpaired) electrons. The number of halogens is 3. The fourth-order valence-electron chi connectivity index (χ4n) is 0.528. The van der Waals surface area contributed by atoms with Gasteiger partial charge < -0.3 is 4.74 Å². The molecule has 0 saturated carbocycles. The highest BCUT2D eigenvalue weighted by molar-refractivity contribution is 4.97. The van der Waals surface area contributed by atoms with Crippen molar-refractivity contribution in [3.8, 4) is 0 Å². The quantitative estimate of drug-likeness (QED) is 0.374. The predicted molar refractivity (Wildman–Crippen MR) is 158 cm³/mol. The van der Waals surface area contributed by atoms with E-state index in [4.69, 9.17) is 0 Å². The van der Waals surface area contributed by atoms with Crippen molar-refractivity contribution >= 4 is 0 Å². The summed E-state index contributed by atoms with van der Waals surface area (Å²) in [5.41, 5.74) is -0.278. The molecule has 0 atom stereocenters. The number of unbranched alkanes of at least 4 members (excludes halogenated alkanes) is 2. The van der Waals surface area contributed by atoms with Gasteiger partial charge in [-0.05, 0) is 13.8 Å². The number of ether oxygens (including phenoxy) is 1. The maximum absolute atomic E-state index is 12.0. The molecule has 212 valence electrons. The summed E-state index contributed by atoms with van der Waals surface area (Å²) in [6.45, 7) is 9.87. The second-order valence-corrected chi connectivity index (χ2v) is 3.12. The predicted octanol–water partition coefficient (Wildman–Crippen LogP) is 13.9. The van der Waals surface area contributed by atoms with Crippen molar-refractivity contribution in [1.29, 1.82) is 0 Å². The maximum Gasteiger partial charge on any atom is 0.378 e. The van der Waals surface area contributed by atoms with Gasteiger partial charge >= 0.3 is 6.11 Å². The Bertz CT molecular complexity index is 149. The number of hydrogen-bond acceptors (Lipinski definition) is 1. The molecule has 0 fully saturated rings. The first-order valence-electron chi connectivity index (χ1n) is 5.48. The van der Waals surface area contributed by atoms with E-state index in [-0.39, 0.29) is 116 Å². The summed E-state index contributed by atoms with van der Waals surface area (Å²) in [6, 6.07) is 0. The van der Waals surface area contributed by atoms with Crippen LogP contribution < -0.4 is 0 Å². The zero-order chi connectivity index (χ0) is 13.6. The van der Waals surface area contributed by atoms with Crippen molar-refractivity contribution in [3.63, 3.8) is 0 Å². The number of alkyl halides is 3. The molecular formula is C26H81F3O. The van der Waals surface area contributed by atoms with E-state index >= 15 is 0 Å². The van der Waals surface area contributed by atoms with Crippen LogP contribution in [0.25, 0.3) is 0 Å². The van der Waals surface area contributed by atoms with Crippen molar-refractivity contribution in [2.45, 2.75) is 157 Å². The Morgan fingerprint density at radius 1 is 0.667 bits per heavy atom. The van der Waals surface area contributed by atoms with Crippen LogP contribution in [0.2, 0.25) is 0 Å². The zero-order valence-electron chi connectivity index (χ0n) is 11.1. The molecule has 30 heavy (non-hydrogen) atoms. The first-order chi connectivity index (χ1) is 7.33. The van der Waals surface area contributed by atoms with Crippen LogP contribution in [-0.4, -0.2) is 19.9 Å². The van der Waals surface area contributed by atoms with Crippen molar-refractivity contribution in [2.75, 3.05) is 13.8 Å². The zero-order valence-corrected chi connectivity index (χ0v) is 11.1. The average Bonchev–Trinajstić information content (AvgIpc) is 2.21. The van der Waals surface area contributed by atoms with Gasteiger partial charge in [-0.25, -0.2) is 0 Å². The van der Waals surface area contributed by atoms with E-state index < -0.39 is 6.11 Å². The Balaban J connectivity index is -0.00000000479. The highest BCUT2D eigenvalue weighted by atomic mass is 19.3. The molecule has 0 heterocycles. The molecule has 1 nitrogen and oxygen atoms in total. The Hall–Kier alpha value is -0.510. The first kappa shape index (κ1) is 153. The molecule has 0 aliphatic rings. The van der Waals surface area contributed by atoms with Gasteiger partial charge in [0.15, 0.2) is 0 Å². The van der Waals surface area contributed by atoms with Crippen LogP contribution in [0.5, 0.6) is 0 Å². The Morgan fingerprint density at radius 3 is 0.833 bits per heavy atom. The SMILES string of the molecule is C.C.C.C.C.C.C.C.C.C.C.C.C.C.C=C(C)C(F)(F)OC.CCCCC.CCF. The van der Waals surface area contributed by atoms with E-state index in [1.165, 1.54) is 33.1 Å². The van der Waals surface area contributed by atoms with E-state index in [0.717, 1.165) is 7.11 Å². The van der Waals surface area contributed by atoms with Crippen LogP contribution in [0.3, 0.4) is 0 Å². The summed E-state index contributed by atoms with van der Waals surface area (Å²) in [5, 5.41) is 0. The lowest BCUT2D eigenvalue weighted by Crippen LogP contribution is -2.18. The Kier molecular flexibility index (Phi) is 605. The highest BCUT2D eigenvalue weighted by Gasteiger charge is 2.28. The van der Waals surface area contributed by atoms with Crippen molar-refractivity contribution in [1.82, 2.24) is 0 Å². The van der Waals surface area contributed by atoms with E-state index in [1.54, 1.807) is 0 Å². The fourth-order valence-corrected chi connectivity index (χ4v) is 0.528. The summed E-state index contributed by atoms with van der Waals surface area (Å²) in [6.07, 6.45) is 0.924. The summed E-state index contributed by atoms with van der Waals surface area (Å²) >= 11 is 0. The van der Waals surface area contributed by atoms with Crippen LogP contribution in [0.15, 0.2) is 12.2 Å². The summed E-state index contributed by atoms with van der Waals surface area (Å²) < 4.78 is 38.0. The fraction of sp³-hybridized carbons (Fsp3) is 0.923. The molecule has 0 saturated heterocycles. The molecule has 0 aromatic rings. The van der Waals surface area contributed by atoms with Gasteiger partial charge in [0.2, 0.25) is 0 Å². The smallest absolute Gasteiger partial charge is 0.320 e. The van der Waals surface area contributed by atoms with Gasteiger partial charge in [0.05, 0.1) is 6.67 Å². The summed E-state index contributed by atoms with van der Waals surface area (Å²) in [5.74, 6) is 0. The Labute approximate surface area is 201 Å². The summed E-state index contributed by atoms with van der Waals surface area (Å²) in [7, 11) is 0.939. The van der Waals surface area contributed by atoms with Gasteiger partial charge in [0.1, 0.15) is 0 Å². The van der Waals surface area contributed by atoms with Gasteiger partial charge in [-0.3, -0.25) is 4.39 Å². The molecule has 0 aromatic carbocycles. The average molecular weight is 467 g/mol. The van der Waals surface area contributed by atoms with Crippen molar-refractivity contribution in [2.24, 2.45) is 0 Å². The third-order valence-corrected chi connectivity index (χ3v) is 1.46. The van der Waals surface area contributed by atoms with Crippen LogP contribution in [0.4, 0.5) is 13.2 Å². The van der Waals surface area contributed by atoms with E-state index in [1.807, 2.05) is 0 Å². The Morgan fingerprint density at radius 2 is 0.833 bits per heavy atom. The molecule has 0 aromatic heterocycles. The third-order valence-electron chi connectivity index (χ3n) is 1.46. The largest absolute Gasteiger partial charge is 0.378 e. The molecule has 0 aliphatic heterocycles. The molecule has 0 aliphatic carbocycles. The first-order valence-corrected chi connectivity index (χ1v) is 5.48. The molecule has 0 N–H and O–H groups in total. The molecule has 4 heteroatoms. The minimum atomic E-state index is -3.15. The van der Waals surface area contributed by atoms with E-state index in [9.17, 15) is 13.2 Å². The monoisotopic (exact) mass is 467 g/mol. The topological polar surface area (TPSA) is 9.23 Å². The normalized spacial score (nSPS) is 5.07. The van der Waals surface area contributed by atoms with E-state index in [2.05, 4.69) is 25.2 Å². The lowest BCUT2D eigenvalue weighted by Gasteiger charge is -2.11. The highest BCUT2D eigenvalue weighted by Crippen LogP contribution is 2.21. The standard InChI is InChI=1S/C5H8F2O.C5H12.C2H5F.14CH4/c1-4(2)5(6,7)8-3;1-3-5-4-2;1-2-3;;;;;;;;;;;;;;/h1H2,2-3H3;3-5H2,1-2H3;2H2,1H3;14*1H4. The van der Waals surface area contributed by atoms with Crippen LogP contribution in [0, 0.1) is 0 Å². The lowest BCUT2D eigenvalue weighted by molar-refractivity contribution is -0.189. The molecule has 0 amide bonds. The maximum atomic E-state index is 12.0. The molecule has 0 rings (SSSR count). The van der Waals surface area contributed by atoms with Crippen LogP contribution in [0.1, 0.15) is 151 Å². The van der Waals surface area contributed by atoms with Crippen molar-refractivity contribution < 1.29 is 17.9 Å². The van der Waals surface area contributed by atoms with Gasteiger partial charge in [-0.2, -0.15) is 8.78 Å². The molecule has 0 unspecified atom stereocenters. The van der Waals surface area contributed by atoms with Crippen LogP contribution >= 0.6 is 0 Å². The number of hydrogen-bond donors (Lipinski definition) is 0. The van der Waals surface area contributed by atoms with Crippen molar-refractivity contribution in [3.05, 3.63) is 12.2 Å². The molecule has 0 spiro atoms. The number of methoxy groups -OCH3 is 1. The van der Waals surface area contributed by atoms with Gasteiger partial charge in [-0.15, -0.1) is 0 Å².